The Morgan fingerprint density at radius 3 is 2.93 bits per heavy atom. The van der Waals surface area contributed by atoms with Gasteiger partial charge >= 0.3 is 5.97 Å². The maximum absolute atomic E-state index is 12.4. The zero-order valence-electron chi connectivity index (χ0n) is 14.7. The van der Waals surface area contributed by atoms with Gasteiger partial charge in [0, 0.05) is 22.8 Å². The van der Waals surface area contributed by atoms with Crippen molar-refractivity contribution in [2.45, 2.75) is 19.0 Å². The molecule has 140 valence electrons. The number of hydrogen-bond acceptors (Lipinski definition) is 8. The molecule has 3 rings (SSSR count). The first-order valence-corrected chi connectivity index (χ1v) is 9.99. The van der Waals surface area contributed by atoms with E-state index in [1.807, 2.05) is 6.92 Å². The molecule has 0 aliphatic rings. The molecule has 7 nitrogen and oxygen atoms in total. The van der Waals surface area contributed by atoms with E-state index in [0.29, 0.717) is 27.0 Å². The molecule has 0 radical (unpaired) electrons. The van der Waals surface area contributed by atoms with Crippen LogP contribution >= 0.6 is 23.1 Å². The van der Waals surface area contributed by atoms with E-state index in [2.05, 4.69) is 15.3 Å². The molecule has 1 amide bonds. The summed E-state index contributed by atoms with van der Waals surface area (Å²) in [5.41, 5.74) is 1.72. The molecule has 1 N–H and O–H groups in total. The van der Waals surface area contributed by atoms with Gasteiger partial charge < -0.3 is 14.5 Å². The van der Waals surface area contributed by atoms with Crippen molar-refractivity contribution in [1.82, 2.24) is 9.97 Å². The Morgan fingerprint density at radius 1 is 1.37 bits per heavy atom. The molecule has 27 heavy (non-hydrogen) atoms. The summed E-state index contributed by atoms with van der Waals surface area (Å²) in [5.74, 6) is -0.101. The average Bonchev–Trinajstić information content (AvgIpc) is 3.29. The van der Waals surface area contributed by atoms with E-state index in [0.717, 1.165) is 5.69 Å². The van der Waals surface area contributed by atoms with Crippen molar-refractivity contribution >= 4 is 40.0 Å². The van der Waals surface area contributed by atoms with E-state index in [4.69, 9.17) is 9.15 Å². The number of amides is 1. The molecule has 0 aliphatic heterocycles. The van der Waals surface area contributed by atoms with Gasteiger partial charge in [0.1, 0.15) is 16.3 Å². The largest absolute Gasteiger partial charge is 0.464 e. The van der Waals surface area contributed by atoms with Gasteiger partial charge in [0.05, 0.1) is 18.6 Å². The van der Waals surface area contributed by atoms with Gasteiger partial charge in [0.2, 0.25) is 5.91 Å². The minimum atomic E-state index is -0.505. The predicted molar refractivity (Wildman–Crippen MR) is 104 cm³/mol. The smallest absolute Gasteiger partial charge is 0.341 e. The number of carbonyl (C=O) groups is 2. The van der Waals surface area contributed by atoms with Gasteiger partial charge in [-0.1, -0.05) is 11.8 Å². The van der Waals surface area contributed by atoms with Crippen LogP contribution in [0.5, 0.6) is 0 Å². The summed E-state index contributed by atoms with van der Waals surface area (Å²) in [6.07, 6.45) is 3.18. The standard InChI is InChI=1S/C18H17N3O4S2/c1-3-24-17(23)15-12(13-5-4-8-25-13)9-26-16(15)21-14(22)10-27-18-19-7-6-11(2)20-18/h4-9H,3,10H2,1-2H3,(H,21,22). The molecule has 9 heteroatoms. The van der Waals surface area contributed by atoms with Crippen LogP contribution in [0.1, 0.15) is 23.0 Å². The maximum Gasteiger partial charge on any atom is 0.341 e. The van der Waals surface area contributed by atoms with E-state index >= 15 is 0 Å². The lowest BCUT2D eigenvalue weighted by atomic mass is 10.1. The first-order valence-electron chi connectivity index (χ1n) is 8.13. The molecular weight excluding hydrogens is 386 g/mol. The van der Waals surface area contributed by atoms with Gasteiger partial charge in [-0.15, -0.1) is 11.3 Å². The van der Waals surface area contributed by atoms with Crippen LogP contribution in [0.25, 0.3) is 11.3 Å². The minimum absolute atomic E-state index is 0.125. The number of nitrogens with one attached hydrogen (secondary N) is 1. The Bertz CT molecular complexity index is 938. The number of aryl methyl sites for hydroxylation is 1. The number of rotatable bonds is 7. The molecule has 0 saturated heterocycles. The Balaban J connectivity index is 1.75. The molecule has 0 atom stereocenters. The van der Waals surface area contributed by atoms with E-state index in [1.54, 1.807) is 36.7 Å². The van der Waals surface area contributed by atoms with E-state index in [1.165, 1.54) is 29.4 Å². The number of furan rings is 1. The molecule has 0 bridgehead atoms. The number of esters is 1. The number of hydrogen-bond donors (Lipinski definition) is 1. The topological polar surface area (TPSA) is 94.3 Å². The Labute approximate surface area is 164 Å². The van der Waals surface area contributed by atoms with E-state index in [9.17, 15) is 9.59 Å². The van der Waals surface area contributed by atoms with Gasteiger partial charge in [-0.25, -0.2) is 14.8 Å². The van der Waals surface area contributed by atoms with Crippen molar-refractivity contribution in [1.29, 1.82) is 0 Å². The number of carbonyl (C=O) groups excluding carboxylic acids is 2. The number of ether oxygens (including phenoxy) is 1. The van der Waals surface area contributed by atoms with Crippen LogP contribution < -0.4 is 5.32 Å². The molecule has 0 saturated carbocycles. The number of thioether (sulfide) groups is 1. The van der Waals surface area contributed by atoms with Gasteiger partial charge in [-0.05, 0) is 32.0 Å². The summed E-state index contributed by atoms with van der Waals surface area (Å²) >= 11 is 2.47. The molecule has 3 heterocycles. The second kappa shape index (κ2) is 8.83. The lowest BCUT2D eigenvalue weighted by molar-refractivity contribution is -0.113. The molecule has 0 aliphatic carbocycles. The van der Waals surface area contributed by atoms with Crippen LogP contribution in [0.15, 0.2) is 45.6 Å². The molecule has 0 unspecified atom stereocenters. The normalized spacial score (nSPS) is 10.6. The lowest BCUT2D eigenvalue weighted by Gasteiger charge is -2.07. The quantitative estimate of drug-likeness (QED) is 0.362. The van der Waals surface area contributed by atoms with Gasteiger partial charge in [-0.2, -0.15) is 0 Å². The van der Waals surface area contributed by atoms with E-state index < -0.39 is 5.97 Å². The van der Waals surface area contributed by atoms with Gasteiger partial charge in [0.15, 0.2) is 5.16 Å². The number of anilines is 1. The van der Waals surface area contributed by atoms with Crippen molar-refractivity contribution in [2.24, 2.45) is 0 Å². The number of aromatic nitrogens is 2. The first-order chi connectivity index (χ1) is 13.1. The van der Waals surface area contributed by atoms with Crippen LogP contribution in [-0.4, -0.2) is 34.2 Å². The molecule has 0 fully saturated rings. The van der Waals surface area contributed by atoms with E-state index in [-0.39, 0.29) is 18.3 Å². The minimum Gasteiger partial charge on any atom is -0.464 e. The summed E-state index contributed by atoms with van der Waals surface area (Å²) in [7, 11) is 0. The fraction of sp³-hybridized carbons (Fsp3) is 0.222. The third-order valence-electron chi connectivity index (χ3n) is 3.42. The monoisotopic (exact) mass is 403 g/mol. The summed E-state index contributed by atoms with van der Waals surface area (Å²) in [5, 5.41) is 5.49. The van der Waals surface area contributed by atoms with Crippen LogP contribution in [0.3, 0.4) is 0 Å². The summed E-state index contributed by atoms with van der Waals surface area (Å²) in [6, 6.07) is 5.28. The highest BCUT2D eigenvalue weighted by Crippen LogP contribution is 2.36. The lowest BCUT2D eigenvalue weighted by Crippen LogP contribution is -2.16. The molecule has 3 aromatic heterocycles. The SMILES string of the molecule is CCOC(=O)c1c(-c2ccco2)csc1NC(=O)CSc1nccc(C)n1. The first kappa shape index (κ1) is 19.1. The average molecular weight is 403 g/mol. The third kappa shape index (κ3) is 4.75. The fourth-order valence-electron chi connectivity index (χ4n) is 2.26. The second-order valence-electron chi connectivity index (χ2n) is 5.37. The summed E-state index contributed by atoms with van der Waals surface area (Å²) < 4.78 is 10.5. The predicted octanol–water partition coefficient (Wildman–Crippen LogP) is 4.01. The van der Waals surface area contributed by atoms with Crippen molar-refractivity contribution in [2.75, 3.05) is 17.7 Å². The number of nitrogens with zero attached hydrogens (tertiary/aromatic N) is 2. The van der Waals surface area contributed by atoms with Gasteiger partial charge in [0.25, 0.3) is 0 Å². The maximum atomic E-state index is 12.4. The summed E-state index contributed by atoms with van der Waals surface area (Å²) in [6.45, 7) is 3.83. The summed E-state index contributed by atoms with van der Waals surface area (Å²) in [4.78, 5) is 33.1. The Hall–Kier alpha value is -2.65. The van der Waals surface area contributed by atoms with Crippen LogP contribution in [-0.2, 0) is 9.53 Å². The zero-order chi connectivity index (χ0) is 19.2. The van der Waals surface area contributed by atoms with Crippen LogP contribution in [0.2, 0.25) is 0 Å². The molecule has 0 aromatic carbocycles. The Morgan fingerprint density at radius 2 is 2.22 bits per heavy atom. The van der Waals surface area contributed by atoms with Crippen LogP contribution in [0, 0.1) is 6.92 Å². The second-order valence-corrected chi connectivity index (χ2v) is 7.19. The molecule has 0 spiro atoms. The van der Waals surface area contributed by atoms with Gasteiger partial charge in [-0.3, -0.25) is 4.79 Å². The highest BCUT2D eigenvalue weighted by Gasteiger charge is 2.24. The van der Waals surface area contributed by atoms with Crippen molar-refractivity contribution in [3.05, 3.63) is 47.3 Å². The number of thiophene rings is 1. The fourth-order valence-corrected chi connectivity index (χ4v) is 3.89. The highest BCUT2D eigenvalue weighted by molar-refractivity contribution is 7.99. The molecular formula is C18H17N3O4S2. The van der Waals surface area contributed by atoms with Crippen molar-refractivity contribution in [3.8, 4) is 11.3 Å². The van der Waals surface area contributed by atoms with Crippen LogP contribution in [0.4, 0.5) is 5.00 Å². The van der Waals surface area contributed by atoms with Crippen molar-refractivity contribution in [3.63, 3.8) is 0 Å². The zero-order valence-corrected chi connectivity index (χ0v) is 16.4. The Kier molecular flexibility index (Phi) is 6.25. The molecule has 3 aromatic rings. The highest BCUT2D eigenvalue weighted by atomic mass is 32.2. The van der Waals surface area contributed by atoms with Crippen molar-refractivity contribution < 1.29 is 18.7 Å². The third-order valence-corrected chi connectivity index (χ3v) is 5.17.